The number of likely N-dealkylation sites (N-methyl/N-ethyl adjacent to an activating group) is 1. The van der Waals surface area contributed by atoms with E-state index in [9.17, 15) is 9.59 Å². The lowest BCUT2D eigenvalue weighted by Crippen LogP contribution is -2.42. The minimum atomic E-state index is -0.578. The molecule has 1 unspecified atom stereocenters. The van der Waals surface area contributed by atoms with E-state index in [1.54, 1.807) is 4.90 Å². The quantitative estimate of drug-likeness (QED) is 0.811. The molecule has 122 valence electrons. The van der Waals surface area contributed by atoms with Crippen LogP contribution >= 0.6 is 0 Å². The summed E-state index contributed by atoms with van der Waals surface area (Å²) in [6.45, 7) is 3.07. The van der Waals surface area contributed by atoms with Gasteiger partial charge in [0.1, 0.15) is 0 Å². The van der Waals surface area contributed by atoms with Crippen LogP contribution in [-0.4, -0.2) is 36.9 Å². The van der Waals surface area contributed by atoms with E-state index in [0.29, 0.717) is 25.1 Å². The van der Waals surface area contributed by atoms with Gasteiger partial charge in [0, 0.05) is 31.4 Å². The number of hydrogen-bond acceptors (Lipinski definition) is 2. The molecule has 2 aliphatic rings. The van der Waals surface area contributed by atoms with Gasteiger partial charge in [-0.15, -0.1) is 0 Å². The lowest BCUT2D eigenvalue weighted by molar-refractivity contribution is -0.122. The van der Waals surface area contributed by atoms with Crippen LogP contribution in [0.25, 0.3) is 0 Å². The summed E-state index contributed by atoms with van der Waals surface area (Å²) >= 11 is 0. The first-order chi connectivity index (χ1) is 11.5. The van der Waals surface area contributed by atoms with Crippen molar-refractivity contribution in [3.8, 4) is 0 Å². The molecule has 2 aliphatic heterocycles. The van der Waals surface area contributed by atoms with Crippen LogP contribution in [-0.2, 0) is 10.2 Å². The maximum atomic E-state index is 12.9. The molecule has 2 aromatic rings. The number of amides is 2. The normalized spacial score (nSPS) is 22.3. The first-order valence-electron chi connectivity index (χ1n) is 8.26. The first-order valence-corrected chi connectivity index (χ1v) is 8.26. The number of anilines is 1. The van der Waals surface area contributed by atoms with Gasteiger partial charge < -0.3 is 9.80 Å². The van der Waals surface area contributed by atoms with Gasteiger partial charge in [-0.05, 0) is 37.1 Å². The van der Waals surface area contributed by atoms with Crippen LogP contribution in [0.1, 0.15) is 27.9 Å². The van der Waals surface area contributed by atoms with Gasteiger partial charge in [-0.2, -0.15) is 0 Å². The molecule has 0 radical (unpaired) electrons. The smallest absolute Gasteiger partial charge is 0.253 e. The van der Waals surface area contributed by atoms with E-state index in [-0.39, 0.29) is 11.8 Å². The predicted molar refractivity (Wildman–Crippen MR) is 93.2 cm³/mol. The molecule has 1 atom stereocenters. The highest BCUT2D eigenvalue weighted by Gasteiger charge is 2.54. The Kier molecular flexibility index (Phi) is 3.23. The summed E-state index contributed by atoms with van der Waals surface area (Å²) in [6.07, 6.45) is 0.685. The summed E-state index contributed by atoms with van der Waals surface area (Å²) in [5.74, 6) is 0.106. The maximum absolute atomic E-state index is 12.9. The molecule has 1 spiro atoms. The van der Waals surface area contributed by atoms with Crippen molar-refractivity contribution in [2.45, 2.75) is 18.8 Å². The predicted octanol–water partition coefficient (Wildman–Crippen LogP) is 2.76. The summed E-state index contributed by atoms with van der Waals surface area (Å²) < 4.78 is 0. The summed E-state index contributed by atoms with van der Waals surface area (Å²) in [6, 6.07) is 15.5. The van der Waals surface area contributed by atoms with Gasteiger partial charge in [0.25, 0.3) is 5.91 Å². The van der Waals surface area contributed by atoms with Crippen molar-refractivity contribution in [2.75, 3.05) is 25.0 Å². The summed E-state index contributed by atoms with van der Waals surface area (Å²) in [5, 5.41) is 0. The second-order valence-corrected chi connectivity index (χ2v) is 6.81. The van der Waals surface area contributed by atoms with Crippen LogP contribution in [0, 0.1) is 6.92 Å². The number of fused-ring (bicyclic) bond motifs is 2. The Hall–Kier alpha value is -2.62. The number of nitrogens with zero attached hydrogens (tertiary/aromatic N) is 2. The van der Waals surface area contributed by atoms with Crippen LogP contribution in [0.4, 0.5) is 5.69 Å². The number of likely N-dealkylation sites (tertiary alicyclic amines) is 1. The lowest BCUT2D eigenvalue weighted by Gasteiger charge is -2.23. The minimum absolute atomic E-state index is 0.00621. The van der Waals surface area contributed by atoms with E-state index < -0.39 is 5.41 Å². The Bertz CT molecular complexity index is 828. The van der Waals surface area contributed by atoms with Gasteiger partial charge in [0.2, 0.25) is 5.91 Å². The van der Waals surface area contributed by atoms with E-state index in [4.69, 9.17) is 0 Å². The van der Waals surface area contributed by atoms with Crippen LogP contribution in [0.5, 0.6) is 0 Å². The highest BCUT2D eigenvalue weighted by atomic mass is 16.2. The molecule has 24 heavy (non-hydrogen) atoms. The Morgan fingerprint density at radius 2 is 1.79 bits per heavy atom. The van der Waals surface area contributed by atoms with E-state index >= 15 is 0 Å². The number of carbonyl (C=O) groups is 2. The fourth-order valence-corrected chi connectivity index (χ4v) is 3.97. The highest BCUT2D eigenvalue weighted by Crippen LogP contribution is 2.46. The average Bonchev–Trinajstić information content (AvgIpc) is 3.14. The highest BCUT2D eigenvalue weighted by molar-refractivity contribution is 6.09. The van der Waals surface area contributed by atoms with Gasteiger partial charge in [0.05, 0.1) is 5.41 Å². The zero-order valence-electron chi connectivity index (χ0n) is 14.0. The number of para-hydroxylation sites is 1. The molecular formula is C20H20N2O2. The summed E-state index contributed by atoms with van der Waals surface area (Å²) in [5.41, 5.74) is 3.26. The van der Waals surface area contributed by atoms with Crippen molar-refractivity contribution in [3.05, 3.63) is 65.2 Å². The fraction of sp³-hybridized carbons (Fsp3) is 0.300. The number of benzene rings is 2. The second kappa shape index (κ2) is 5.20. The summed E-state index contributed by atoms with van der Waals surface area (Å²) in [4.78, 5) is 29.3. The monoisotopic (exact) mass is 320 g/mol. The molecule has 4 rings (SSSR count). The largest absolute Gasteiger partial charge is 0.337 e. The third-order valence-corrected chi connectivity index (χ3v) is 5.35. The molecule has 0 aromatic heterocycles. The van der Waals surface area contributed by atoms with Gasteiger partial charge in [-0.3, -0.25) is 9.59 Å². The third-order valence-electron chi connectivity index (χ3n) is 5.35. The molecule has 2 amide bonds. The second-order valence-electron chi connectivity index (χ2n) is 6.81. The molecular weight excluding hydrogens is 300 g/mol. The molecule has 0 saturated carbocycles. The zero-order chi connectivity index (χ0) is 16.9. The SMILES string of the molecule is Cc1ccc(C(=O)N2CCC3(C2)C(=O)N(C)c2ccccc23)cc1. The van der Waals surface area contributed by atoms with Gasteiger partial charge >= 0.3 is 0 Å². The molecule has 1 saturated heterocycles. The van der Waals surface area contributed by atoms with Gasteiger partial charge in [-0.1, -0.05) is 35.9 Å². The van der Waals surface area contributed by atoms with Crippen LogP contribution in [0.3, 0.4) is 0 Å². The standard InChI is InChI=1S/C20H20N2O2/c1-14-7-9-15(10-8-14)18(23)22-12-11-20(13-22)16-5-3-4-6-17(16)21(2)19(20)24/h3-10H,11-13H2,1-2H3. The van der Waals surface area contributed by atoms with Crippen LogP contribution < -0.4 is 4.90 Å². The Balaban J connectivity index is 1.66. The Morgan fingerprint density at radius 3 is 2.54 bits per heavy atom. The average molecular weight is 320 g/mol. The lowest BCUT2D eigenvalue weighted by atomic mass is 9.81. The van der Waals surface area contributed by atoms with Crippen LogP contribution in [0.15, 0.2) is 48.5 Å². The molecule has 0 aliphatic carbocycles. The minimum Gasteiger partial charge on any atom is -0.337 e. The van der Waals surface area contributed by atoms with Gasteiger partial charge in [0.15, 0.2) is 0 Å². The number of rotatable bonds is 1. The Labute approximate surface area is 141 Å². The first kappa shape index (κ1) is 14.9. The van der Waals surface area contributed by atoms with Crippen molar-refractivity contribution in [2.24, 2.45) is 0 Å². The molecule has 4 nitrogen and oxygen atoms in total. The van der Waals surface area contributed by atoms with E-state index in [0.717, 1.165) is 16.8 Å². The van der Waals surface area contributed by atoms with Gasteiger partial charge in [-0.25, -0.2) is 0 Å². The van der Waals surface area contributed by atoms with Crippen LogP contribution in [0.2, 0.25) is 0 Å². The third kappa shape index (κ3) is 1.99. The molecule has 0 N–H and O–H groups in total. The Morgan fingerprint density at radius 1 is 1.08 bits per heavy atom. The number of hydrogen-bond donors (Lipinski definition) is 0. The fourth-order valence-electron chi connectivity index (χ4n) is 3.97. The van der Waals surface area contributed by atoms with Crippen molar-refractivity contribution in [1.82, 2.24) is 4.90 Å². The zero-order valence-corrected chi connectivity index (χ0v) is 14.0. The number of carbonyl (C=O) groups excluding carboxylic acids is 2. The summed E-state index contributed by atoms with van der Waals surface area (Å²) in [7, 11) is 1.82. The molecule has 1 fully saturated rings. The molecule has 4 heteroatoms. The van der Waals surface area contributed by atoms with E-state index in [1.165, 1.54) is 0 Å². The van der Waals surface area contributed by atoms with Crippen molar-refractivity contribution in [3.63, 3.8) is 0 Å². The van der Waals surface area contributed by atoms with Crippen molar-refractivity contribution < 1.29 is 9.59 Å². The van der Waals surface area contributed by atoms with Crippen molar-refractivity contribution >= 4 is 17.5 Å². The number of aryl methyl sites for hydroxylation is 1. The molecule has 2 heterocycles. The molecule has 0 bridgehead atoms. The van der Waals surface area contributed by atoms with Crippen molar-refractivity contribution in [1.29, 1.82) is 0 Å². The van der Waals surface area contributed by atoms with E-state index in [1.807, 2.05) is 67.4 Å². The topological polar surface area (TPSA) is 40.6 Å². The maximum Gasteiger partial charge on any atom is 0.253 e. The molecule has 2 aromatic carbocycles. The van der Waals surface area contributed by atoms with E-state index in [2.05, 4.69) is 0 Å².